The third-order valence-corrected chi connectivity index (χ3v) is 2.49. The second-order valence-electron chi connectivity index (χ2n) is 4.84. The number of carboxylic acids is 1. The molecule has 0 amide bonds. The maximum absolute atomic E-state index is 10.8. The Balaban J connectivity index is 0. The Morgan fingerprint density at radius 1 is 0.773 bits per heavy atom. The Bertz CT molecular complexity index is 429. The van der Waals surface area contributed by atoms with Crippen molar-refractivity contribution in [3.8, 4) is 0 Å². The van der Waals surface area contributed by atoms with Crippen LogP contribution in [0, 0.1) is 5.92 Å². The highest BCUT2D eigenvalue weighted by molar-refractivity contribution is 6.17. The zero-order chi connectivity index (χ0) is 17.9. The molecule has 0 bridgehead atoms. The molecule has 0 unspecified atom stereocenters. The first-order valence-electron chi connectivity index (χ1n) is 6.79. The van der Waals surface area contributed by atoms with Crippen LogP contribution in [0.1, 0.15) is 53.4 Å². The van der Waals surface area contributed by atoms with Crippen molar-refractivity contribution in [2.24, 2.45) is 5.92 Å². The molecule has 0 aliphatic carbocycles. The molecule has 124 valence electrons. The summed E-state index contributed by atoms with van der Waals surface area (Å²) in [4.78, 5) is 63.3. The highest BCUT2D eigenvalue weighted by Crippen LogP contribution is 2.00. The predicted octanol–water partition coefficient (Wildman–Crippen LogP) is 1.16. The van der Waals surface area contributed by atoms with Crippen molar-refractivity contribution in [3.05, 3.63) is 0 Å². The van der Waals surface area contributed by atoms with Crippen molar-refractivity contribution in [2.75, 3.05) is 0 Å². The maximum Gasteiger partial charge on any atom is 0.310 e. The molecule has 22 heavy (non-hydrogen) atoms. The summed E-state index contributed by atoms with van der Waals surface area (Å²) < 4.78 is 0. The van der Waals surface area contributed by atoms with Crippen LogP contribution in [0.3, 0.4) is 0 Å². The molecule has 0 heterocycles. The summed E-state index contributed by atoms with van der Waals surface area (Å²) >= 11 is 0. The van der Waals surface area contributed by atoms with E-state index in [1.54, 1.807) is 0 Å². The summed E-state index contributed by atoms with van der Waals surface area (Å²) in [6.45, 7) is 5.56. The van der Waals surface area contributed by atoms with Gasteiger partial charge in [-0.1, -0.05) is 6.92 Å². The lowest BCUT2D eigenvalue weighted by atomic mass is 9.97. The van der Waals surface area contributed by atoms with E-state index in [0.29, 0.717) is 12.8 Å². The largest absolute Gasteiger partial charge is 0.481 e. The minimum Gasteiger partial charge on any atom is -0.481 e. The zero-order valence-electron chi connectivity index (χ0n) is 13.3. The molecule has 0 saturated carbocycles. The van der Waals surface area contributed by atoms with Gasteiger partial charge in [0.2, 0.25) is 0 Å². The van der Waals surface area contributed by atoms with E-state index >= 15 is 0 Å². The van der Waals surface area contributed by atoms with Crippen molar-refractivity contribution in [2.45, 2.75) is 53.4 Å². The minimum absolute atomic E-state index is 0.177. The van der Waals surface area contributed by atoms with Gasteiger partial charge in [-0.2, -0.15) is 0 Å². The van der Waals surface area contributed by atoms with Gasteiger partial charge < -0.3 is 5.11 Å². The van der Waals surface area contributed by atoms with Crippen molar-refractivity contribution < 1.29 is 33.9 Å². The molecule has 0 saturated heterocycles. The number of carbonyl (C=O) groups excluding carboxylic acids is 5. The fourth-order valence-corrected chi connectivity index (χ4v) is 1.68. The molecular weight excluding hydrogens is 292 g/mol. The van der Waals surface area contributed by atoms with Gasteiger partial charge in [0.15, 0.2) is 5.78 Å². The van der Waals surface area contributed by atoms with Crippen LogP contribution >= 0.6 is 0 Å². The second kappa shape index (κ2) is 11.5. The normalized spacial score (nSPS) is 9.50. The molecule has 0 radical (unpaired) electrons. The first-order chi connectivity index (χ1) is 10.0. The molecule has 0 aliphatic heterocycles. The van der Waals surface area contributed by atoms with Gasteiger partial charge in [0.05, 0.1) is 6.42 Å². The quantitative estimate of drug-likeness (QED) is 0.633. The van der Waals surface area contributed by atoms with Gasteiger partial charge in [-0.25, -0.2) is 0 Å². The van der Waals surface area contributed by atoms with Gasteiger partial charge in [0.25, 0.3) is 0 Å². The zero-order valence-corrected chi connectivity index (χ0v) is 13.3. The van der Waals surface area contributed by atoms with Gasteiger partial charge in [-0.05, 0) is 27.2 Å². The highest BCUT2D eigenvalue weighted by Gasteiger charge is 2.23. The van der Waals surface area contributed by atoms with E-state index in [1.165, 1.54) is 20.8 Å². The number of aliphatic carboxylic acids is 1. The lowest BCUT2D eigenvalue weighted by Gasteiger charge is -2.02. The number of carboxylic acid groups (broad SMARTS) is 1. The average molecular weight is 314 g/mol. The predicted molar refractivity (Wildman–Crippen MR) is 77.3 cm³/mol. The molecule has 0 aromatic heterocycles. The Morgan fingerprint density at radius 3 is 1.41 bits per heavy atom. The van der Waals surface area contributed by atoms with Crippen molar-refractivity contribution in [1.29, 1.82) is 0 Å². The Kier molecular flexibility index (Phi) is 11.5. The number of hydrogen-bond acceptors (Lipinski definition) is 6. The average Bonchev–Trinajstić information content (AvgIpc) is 2.25. The first-order valence-corrected chi connectivity index (χ1v) is 6.79. The third-order valence-electron chi connectivity index (χ3n) is 2.49. The van der Waals surface area contributed by atoms with Crippen LogP contribution in [0.15, 0.2) is 0 Å². The highest BCUT2D eigenvalue weighted by atomic mass is 16.4. The summed E-state index contributed by atoms with van der Waals surface area (Å²) in [5.74, 6) is -4.02. The molecule has 0 aromatic carbocycles. The Hall–Kier alpha value is -2.18. The van der Waals surface area contributed by atoms with E-state index in [0.717, 1.165) is 0 Å². The lowest BCUT2D eigenvalue weighted by molar-refractivity contribution is -0.141. The van der Waals surface area contributed by atoms with E-state index in [4.69, 9.17) is 5.11 Å². The molecule has 7 heteroatoms. The molecule has 0 spiro atoms. The van der Waals surface area contributed by atoms with Crippen LogP contribution in [0.2, 0.25) is 0 Å². The minimum atomic E-state index is -1.18. The molecule has 0 aromatic rings. The molecular formula is C15H22O7. The summed E-state index contributed by atoms with van der Waals surface area (Å²) in [5, 5.41) is 8.19. The van der Waals surface area contributed by atoms with E-state index in [-0.39, 0.29) is 29.6 Å². The summed E-state index contributed by atoms with van der Waals surface area (Å²) in [6.07, 6.45) is 0.264. The smallest absolute Gasteiger partial charge is 0.310 e. The SMILES string of the molecule is CC(=O)C(C(C)=O)C(C)=O.CCCC(=O)CC(=O)CC(=O)O. The molecule has 0 atom stereocenters. The summed E-state index contributed by atoms with van der Waals surface area (Å²) in [7, 11) is 0. The Morgan fingerprint density at radius 2 is 1.18 bits per heavy atom. The second-order valence-corrected chi connectivity index (χ2v) is 4.84. The van der Waals surface area contributed by atoms with Crippen molar-refractivity contribution in [1.82, 2.24) is 0 Å². The van der Waals surface area contributed by atoms with E-state index in [2.05, 4.69) is 0 Å². The maximum atomic E-state index is 10.8. The fraction of sp³-hybridized carbons (Fsp3) is 0.600. The monoisotopic (exact) mass is 314 g/mol. The third kappa shape index (κ3) is 11.6. The van der Waals surface area contributed by atoms with Crippen LogP contribution < -0.4 is 0 Å². The fourth-order valence-electron chi connectivity index (χ4n) is 1.68. The Labute approximate surface area is 129 Å². The number of hydrogen-bond donors (Lipinski definition) is 1. The molecule has 1 N–H and O–H groups in total. The van der Waals surface area contributed by atoms with Gasteiger partial charge in [0, 0.05) is 6.42 Å². The van der Waals surface area contributed by atoms with E-state index in [9.17, 15) is 28.8 Å². The van der Waals surface area contributed by atoms with E-state index < -0.39 is 24.1 Å². The molecule has 0 aliphatic rings. The lowest BCUT2D eigenvalue weighted by Crippen LogP contribution is -2.26. The standard InChI is InChI=1S/C8H12O4.C7H10O3/c1-2-3-6(9)4-7(10)5-8(11)12;1-4(8)7(5(2)9)6(3)10/h2-5H2,1H3,(H,11,12);7H,1-3H3. The number of ketones is 5. The van der Waals surface area contributed by atoms with Crippen LogP contribution in [-0.4, -0.2) is 40.0 Å². The van der Waals surface area contributed by atoms with Crippen LogP contribution in [-0.2, 0) is 28.8 Å². The topological polar surface area (TPSA) is 123 Å². The molecule has 7 nitrogen and oxygen atoms in total. The van der Waals surface area contributed by atoms with Gasteiger partial charge >= 0.3 is 5.97 Å². The first kappa shape index (κ1) is 22.1. The van der Waals surface area contributed by atoms with Crippen molar-refractivity contribution >= 4 is 34.9 Å². The summed E-state index contributed by atoms with van der Waals surface area (Å²) in [6, 6.07) is 0. The number of rotatable bonds is 9. The van der Waals surface area contributed by atoms with Gasteiger partial charge in [-0.3, -0.25) is 28.8 Å². The van der Waals surface area contributed by atoms with E-state index in [1.807, 2.05) is 6.92 Å². The number of Topliss-reactive ketones (excluding diaryl/α,β-unsaturated/α-hetero) is 5. The summed E-state index contributed by atoms with van der Waals surface area (Å²) in [5.41, 5.74) is 0. The van der Waals surface area contributed by atoms with Crippen LogP contribution in [0.25, 0.3) is 0 Å². The molecule has 0 rings (SSSR count). The van der Waals surface area contributed by atoms with Gasteiger partial charge in [-0.15, -0.1) is 0 Å². The van der Waals surface area contributed by atoms with Crippen LogP contribution in [0.5, 0.6) is 0 Å². The number of carbonyl (C=O) groups is 6. The van der Waals surface area contributed by atoms with Crippen molar-refractivity contribution in [3.63, 3.8) is 0 Å². The van der Waals surface area contributed by atoms with Gasteiger partial charge in [0.1, 0.15) is 35.5 Å². The van der Waals surface area contributed by atoms with Crippen LogP contribution in [0.4, 0.5) is 0 Å². The molecule has 0 fully saturated rings.